The molecule has 26 heavy (non-hydrogen) atoms. The van der Waals surface area contributed by atoms with E-state index in [1.165, 1.54) is 11.1 Å². The van der Waals surface area contributed by atoms with E-state index < -0.39 is 0 Å². The lowest BCUT2D eigenvalue weighted by atomic mass is 10.0. The van der Waals surface area contributed by atoms with Gasteiger partial charge in [-0.3, -0.25) is 0 Å². The van der Waals surface area contributed by atoms with Crippen molar-refractivity contribution < 1.29 is 0 Å². The Morgan fingerprint density at radius 2 is 1.92 bits per heavy atom. The van der Waals surface area contributed by atoms with E-state index in [2.05, 4.69) is 72.7 Å². The zero-order valence-corrected chi connectivity index (χ0v) is 15.8. The molecular formula is C23H29N3. The molecule has 2 aromatic carbocycles. The Labute approximate surface area is 157 Å². The number of allylic oxidation sites excluding steroid dienone is 4. The van der Waals surface area contributed by atoms with Crippen LogP contribution in [0.1, 0.15) is 18.1 Å². The molecule has 0 aliphatic heterocycles. The van der Waals surface area contributed by atoms with Gasteiger partial charge in [0, 0.05) is 30.7 Å². The van der Waals surface area contributed by atoms with Crippen LogP contribution in [0.3, 0.4) is 0 Å². The molecule has 0 amide bonds. The van der Waals surface area contributed by atoms with Gasteiger partial charge < -0.3 is 16.4 Å². The van der Waals surface area contributed by atoms with E-state index in [0.29, 0.717) is 0 Å². The van der Waals surface area contributed by atoms with Gasteiger partial charge in [0.25, 0.3) is 0 Å². The quantitative estimate of drug-likeness (QED) is 0.455. The number of nitrogens with two attached hydrogens (primary N) is 1. The lowest BCUT2D eigenvalue weighted by Crippen LogP contribution is -2.04. The van der Waals surface area contributed by atoms with Crippen molar-refractivity contribution in [2.45, 2.75) is 19.8 Å². The SMILES string of the molecule is C=C(/C=C(\C=C/Cc1ccc(N)cc1NCC)NC)Cc1ccccc1. The summed E-state index contributed by atoms with van der Waals surface area (Å²) in [7, 11) is 1.93. The average molecular weight is 348 g/mol. The summed E-state index contributed by atoms with van der Waals surface area (Å²) in [6, 6.07) is 16.4. The molecule has 2 rings (SSSR count). The number of anilines is 2. The summed E-state index contributed by atoms with van der Waals surface area (Å²) < 4.78 is 0. The summed E-state index contributed by atoms with van der Waals surface area (Å²) >= 11 is 0. The molecule has 0 fully saturated rings. The molecule has 4 N–H and O–H groups in total. The van der Waals surface area contributed by atoms with Crippen molar-refractivity contribution in [3.8, 4) is 0 Å². The molecule has 0 saturated heterocycles. The monoisotopic (exact) mass is 347 g/mol. The van der Waals surface area contributed by atoms with E-state index >= 15 is 0 Å². The third-order valence-electron chi connectivity index (χ3n) is 4.06. The lowest BCUT2D eigenvalue weighted by molar-refractivity contribution is 1.02. The number of nitrogens with one attached hydrogen (secondary N) is 2. The summed E-state index contributed by atoms with van der Waals surface area (Å²) in [5, 5.41) is 6.60. The topological polar surface area (TPSA) is 50.1 Å². The number of likely N-dealkylation sites (N-methyl/N-ethyl adjacent to an activating group) is 1. The number of hydrogen-bond acceptors (Lipinski definition) is 3. The summed E-state index contributed by atoms with van der Waals surface area (Å²) in [4.78, 5) is 0. The summed E-state index contributed by atoms with van der Waals surface area (Å²) in [5.74, 6) is 0. The van der Waals surface area contributed by atoms with Crippen LogP contribution in [0.15, 0.2) is 84.6 Å². The molecule has 0 aromatic heterocycles. The van der Waals surface area contributed by atoms with Gasteiger partial charge in [-0.2, -0.15) is 0 Å². The highest BCUT2D eigenvalue weighted by molar-refractivity contribution is 5.60. The van der Waals surface area contributed by atoms with Gasteiger partial charge in [-0.1, -0.05) is 49.1 Å². The molecule has 0 heterocycles. The zero-order valence-electron chi connectivity index (χ0n) is 15.8. The molecule has 0 spiro atoms. The first-order valence-corrected chi connectivity index (χ1v) is 9.02. The molecule has 136 valence electrons. The fourth-order valence-electron chi connectivity index (χ4n) is 2.77. The predicted molar refractivity (Wildman–Crippen MR) is 114 cm³/mol. The van der Waals surface area contributed by atoms with Crippen LogP contribution in [0.4, 0.5) is 11.4 Å². The second-order valence-corrected chi connectivity index (χ2v) is 6.22. The van der Waals surface area contributed by atoms with Crippen LogP contribution in [0.25, 0.3) is 0 Å². The summed E-state index contributed by atoms with van der Waals surface area (Å²) in [6.45, 7) is 7.14. The minimum absolute atomic E-state index is 0.779. The highest BCUT2D eigenvalue weighted by Crippen LogP contribution is 2.20. The fourth-order valence-corrected chi connectivity index (χ4v) is 2.77. The van der Waals surface area contributed by atoms with Crippen molar-refractivity contribution in [3.05, 3.63) is 95.7 Å². The van der Waals surface area contributed by atoms with Crippen LogP contribution in [0.2, 0.25) is 0 Å². The molecule has 3 nitrogen and oxygen atoms in total. The summed E-state index contributed by atoms with van der Waals surface area (Å²) in [5.41, 5.74) is 12.4. The van der Waals surface area contributed by atoms with Crippen molar-refractivity contribution in [3.63, 3.8) is 0 Å². The first kappa shape index (κ1) is 19.4. The molecule has 0 atom stereocenters. The Kier molecular flexibility index (Phi) is 7.56. The first-order valence-electron chi connectivity index (χ1n) is 9.02. The van der Waals surface area contributed by atoms with E-state index in [1.807, 2.05) is 25.2 Å². The Morgan fingerprint density at radius 1 is 1.15 bits per heavy atom. The van der Waals surface area contributed by atoms with Gasteiger partial charge in [0.2, 0.25) is 0 Å². The number of hydrogen-bond donors (Lipinski definition) is 3. The Bertz CT molecular complexity index is 773. The maximum atomic E-state index is 5.89. The maximum absolute atomic E-state index is 5.89. The number of benzene rings is 2. The minimum Gasteiger partial charge on any atom is -0.399 e. The van der Waals surface area contributed by atoms with Crippen molar-refractivity contribution >= 4 is 11.4 Å². The molecule has 3 heteroatoms. The van der Waals surface area contributed by atoms with Crippen LogP contribution >= 0.6 is 0 Å². The van der Waals surface area contributed by atoms with Gasteiger partial charge in [0.05, 0.1) is 0 Å². The molecule has 0 aliphatic rings. The molecule has 0 unspecified atom stereocenters. The van der Waals surface area contributed by atoms with Crippen LogP contribution < -0.4 is 16.4 Å². The molecule has 0 radical (unpaired) electrons. The third kappa shape index (κ3) is 6.17. The van der Waals surface area contributed by atoms with Crippen LogP contribution in [0.5, 0.6) is 0 Å². The van der Waals surface area contributed by atoms with Crippen molar-refractivity contribution in [2.24, 2.45) is 0 Å². The van der Waals surface area contributed by atoms with Crippen LogP contribution in [0, 0.1) is 0 Å². The average Bonchev–Trinajstić information content (AvgIpc) is 2.63. The van der Waals surface area contributed by atoms with Gasteiger partial charge in [0.15, 0.2) is 0 Å². The highest BCUT2D eigenvalue weighted by Gasteiger charge is 2.01. The smallest absolute Gasteiger partial charge is 0.0396 e. The van der Waals surface area contributed by atoms with Gasteiger partial charge >= 0.3 is 0 Å². The van der Waals surface area contributed by atoms with Crippen LogP contribution in [-0.4, -0.2) is 13.6 Å². The third-order valence-corrected chi connectivity index (χ3v) is 4.06. The van der Waals surface area contributed by atoms with Crippen molar-refractivity contribution in [1.29, 1.82) is 0 Å². The van der Waals surface area contributed by atoms with Gasteiger partial charge in [-0.25, -0.2) is 0 Å². The van der Waals surface area contributed by atoms with Gasteiger partial charge in [-0.15, -0.1) is 0 Å². The first-order chi connectivity index (χ1) is 12.6. The fraction of sp³-hybridized carbons (Fsp3) is 0.217. The van der Waals surface area contributed by atoms with E-state index in [1.54, 1.807) is 0 Å². The second kappa shape index (κ2) is 10.1. The molecular weight excluding hydrogens is 318 g/mol. The molecule has 0 bridgehead atoms. The number of rotatable bonds is 9. The van der Waals surface area contributed by atoms with E-state index in [0.717, 1.165) is 42.0 Å². The van der Waals surface area contributed by atoms with Gasteiger partial charge in [0.1, 0.15) is 0 Å². The van der Waals surface area contributed by atoms with E-state index in [4.69, 9.17) is 5.73 Å². The highest BCUT2D eigenvalue weighted by atomic mass is 14.9. The van der Waals surface area contributed by atoms with Crippen molar-refractivity contribution in [2.75, 3.05) is 24.6 Å². The zero-order chi connectivity index (χ0) is 18.8. The standard InChI is InChI=1S/C23H29N3/c1-4-26-23-17-21(24)14-13-20(23)11-8-12-22(25-3)16-18(2)15-19-9-6-5-7-10-19/h5-10,12-14,16-17,25-26H,2,4,11,15,24H2,1,3H3/b12-8-,22-16+. The summed E-state index contributed by atoms with van der Waals surface area (Å²) in [6.07, 6.45) is 8.04. The Hall–Kier alpha value is -2.94. The van der Waals surface area contributed by atoms with Gasteiger partial charge in [-0.05, 0) is 60.8 Å². The molecule has 2 aromatic rings. The lowest BCUT2D eigenvalue weighted by Gasteiger charge is -2.10. The second-order valence-electron chi connectivity index (χ2n) is 6.22. The van der Waals surface area contributed by atoms with E-state index in [-0.39, 0.29) is 0 Å². The number of nitrogen functional groups attached to an aromatic ring is 1. The van der Waals surface area contributed by atoms with Crippen molar-refractivity contribution in [1.82, 2.24) is 5.32 Å². The molecule has 0 saturated carbocycles. The minimum atomic E-state index is 0.779. The largest absolute Gasteiger partial charge is 0.399 e. The Balaban J connectivity index is 2.02. The van der Waals surface area contributed by atoms with Crippen LogP contribution in [-0.2, 0) is 12.8 Å². The Morgan fingerprint density at radius 3 is 2.62 bits per heavy atom. The van der Waals surface area contributed by atoms with E-state index in [9.17, 15) is 0 Å². The molecule has 0 aliphatic carbocycles. The maximum Gasteiger partial charge on any atom is 0.0396 e. The predicted octanol–water partition coefficient (Wildman–Crippen LogP) is 4.70. The normalized spacial score (nSPS) is 11.5.